The number of hydrogen-bond donors (Lipinski definition) is 1. The highest BCUT2D eigenvalue weighted by molar-refractivity contribution is 6.67. The first-order valence-corrected chi connectivity index (χ1v) is 5.95. The number of rotatable bonds is 3. The van der Waals surface area contributed by atoms with Crippen LogP contribution in [0.15, 0.2) is 24.2 Å². The molecule has 0 aliphatic carbocycles. The molecule has 1 heterocycles. The minimum atomic E-state index is 0. The Hall–Kier alpha value is -1.75. The maximum Gasteiger partial charge on any atom is 0.275 e. The normalized spacial score (nSPS) is 11.2. The predicted octanol–water partition coefficient (Wildman–Crippen LogP) is 2.31. The van der Waals surface area contributed by atoms with Gasteiger partial charge in [-0.05, 0) is 17.7 Å². The molecule has 0 aromatic heterocycles. The number of anilines is 1. The van der Waals surface area contributed by atoms with Gasteiger partial charge in [-0.15, -0.1) is 0 Å². The summed E-state index contributed by atoms with van der Waals surface area (Å²) >= 11 is 0. The van der Waals surface area contributed by atoms with Crippen molar-refractivity contribution in [2.75, 3.05) is 11.8 Å². The Labute approximate surface area is 110 Å². The van der Waals surface area contributed by atoms with Gasteiger partial charge in [-0.2, -0.15) is 0 Å². The Balaban J connectivity index is 0. The van der Waals surface area contributed by atoms with E-state index in [1.54, 1.807) is 0 Å². The van der Waals surface area contributed by atoms with E-state index in [4.69, 9.17) is 4.74 Å². The summed E-state index contributed by atoms with van der Waals surface area (Å²) in [6.45, 7) is 6.52. The van der Waals surface area contributed by atoms with Crippen molar-refractivity contribution < 1.29 is 16.4 Å². The fourth-order valence-corrected chi connectivity index (χ4v) is 1.57. The zero-order valence-electron chi connectivity index (χ0n) is 11.1. The van der Waals surface area contributed by atoms with Crippen molar-refractivity contribution in [1.82, 2.24) is 0 Å². The van der Waals surface area contributed by atoms with Crippen molar-refractivity contribution in [3.63, 3.8) is 0 Å². The smallest absolute Gasteiger partial charge is 0.275 e. The molecule has 0 saturated heterocycles. The molecule has 100 valence electrons. The number of ether oxygens (including phenoxy) is 1. The Bertz CT molecular complexity index is 413. The molecule has 0 saturated carbocycles. The van der Waals surface area contributed by atoms with E-state index in [-0.39, 0.29) is 13.5 Å². The number of fused-ring (bicyclic) bond motifs is 1. The number of carbonyl (C=O) groups excluding carboxylic acids is 1. The first-order chi connectivity index (χ1) is 8.29. The molecule has 18 heavy (non-hydrogen) atoms. The van der Waals surface area contributed by atoms with Gasteiger partial charge in [0, 0.05) is 13.2 Å². The molecular weight excluding hydrogens is 229 g/mol. The minimum absolute atomic E-state index is 0. The minimum Gasteiger partial charge on any atom is -0.486 e. The van der Waals surface area contributed by atoms with Crippen molar-refractivity contribution in [3.05, 3.63) is 29.7 Å². The largest absolute Gasteiger partial charge is 0.486 e. The molecule has 0 unspecified atom stereocenters. The number of aldehydes is 1. The third kappa shape index (κ3) is 4.26. The number of benzene rings is 1. The average molecular weight is 251 g/mol. The second-order valence-electron chi connectivity index (χ2n) is 3.52. The topological polar surface area (TPSA) is 69.8 Å². The lowest BCUT2D eigenvalue weighted by Crippen LogP contribution is -2.20. The van der Waals surface area contributed by atoms with Gasteiger partial charge in [0.25, 0.3) is 6.85 Å². The van der Waals surface area contributed by atoms with Crippen molar-refractivity contribution >= 4 is 24.9 Å². The van der Waals surface area contributed by atoms with E-state index >= 15 is 0 Å². The van der Waals surface area contributed by atoms with Crippen LogP contribution >= 0.6 is 0 Å². The monoisotopic (exact) mass is 251 g/mol. The average Bonchev–Trinajstić information content (AvgIpc) is 2.38. The summed E-state index contributed by atoms with van der Waals surface area (Å²) in [4.78, 5) is 10.2. The Morgan fingerprint density at radius 3 is 2.83 bits per heavy atom. The van der Waals surface area contributed by atoms with E-state index in [0.29, 0.717) is 6.85 Å². The van der Waals surface area contributed by atoms with Crippen LogP contribution in [0.3, 0.4) is 0 Å². The second kappa shape index (κ2) is 8.36. The molecule has 1 aromatic rings. The highest BCUT2D eigenvalue weighted by Crippen LogP contribution is 2.26. The number of nitrogens with one attached hydrogen (secondary N) is 1. The van der Waals surface area contributed by atoms with Crippen LogP contribution in [0.5, 0.6) is 5.75 Å². The maximum atomic E-state index is 10.2. The molecule has 0 spiro atoms. The fraction of sp³-hybridized carbons (Fsp3) is 0.308. The van der Waals surface area contributed by atoms with Gasteiger partial charge in [0.05, 0.1) is 0 Å². The second-order valence-corrected chi connectivity index (χ2v) is 3.52. The van der Waals surface area contributed by atoms with Gasteiger partial charge in [-0.3, -0.25) is 4.79 Å². The van der Waals surface area contributed by atoms with E-state index < -0.39 is 0 Å². The molecule has 0 fully saturated rings. The van der Waals surface area contributed by atoms with Crippen LogP contribution in [0.1, 0.15) is 20.8 Å². The van der Waals surface area contributed by atoms with E-state index in [0.717, 1.165) is 23.3 Å². The van der Waals surface area contributed by atoms with E-state index in [9.17, 15) is 4.79 Å². The van der Waals surface area contributed by atoms with Gasteiger partial charge in [0.2, 0.25) is 0 Å². The lowest BCUT2D eigenvalue weighted by molar-refractivity contribution is -0.109. The highest BCUT2D eigenvalue weighted by atomic mass is 16.5. The number of carbonyl (C=O) groups is 1. The molecular formula is C13H22BNO3. The molecule has 0 bridgehead atoms. The van der Waals surface area contributed by atoms with Gasteiger partial charge in [0.15, 0.2) is 6.29 Å². The van der Waals surface area contributed by atoms with Gasteiger partial charge in [-0.25, -0.2) is 0 Å². The van der Waals surface area contributed by atoms with Crippen LogP contribution in [0.4, 0.5) is 5.69 Å². The lowest BCUT2D eigenvalue weighted by atomic mass is 9.63. The lowest BCUT2D eigenvalue weighted by Gasteiger charge is -2.17. The Kier molecular flexibility index (Phi) is 7.55. The molecule has 0 atom stereocenters. The first-order valence-electron chi connectivity index (χ1n) is 5.95. The zero-order chi connectivity index (χ0) is 12.7. The van der Waals surface area contributed by atoms with Crippen molar-refractivity contribution in [2.24, 2.45) is 0 Å². The van der Waals surface area contributed by atoms with Crippen LogP contribution in [0.25, 0.3) is 6.08 Å². The molecule has 1 aromatic carbocycles. The third-order valence-electron chi connectivity index (χ3n) is 2.29. The molecule has 0 radical (unpaired) electrons. The predicted molar refractivity (Wildman–Crippen MR) is 79.4 cm³/mol. The number of hydrogen-bond acceptors (Lipinski definition) is 3. The highest BCUT2D eigenvalue weighted by Gasteiger charge is 2.11. The molecule has 3 N–H and O–H groups in total. The van der Waals surface area contributed by atoms with Crippen LogP contribution in [0.2, 0.25) is 6.82 Å². The van der Waals surface area contributed by atoms with E-state index in [1.165, 1.54) is 0 Å². The van der Waals surface area contributed by atoms with Crippen molar-refractivity contribution in [3.8, 4) is 5.75 Å². The van der Waals surface area contributed by atoms with Crippen LogP contribution in [0, 0.1) is 0 Å². The maximum absolute atomic E-state index is 10.2. The summed E-state index contributed by atoms with van der Waals surface area (Å²) in [5.41, 5.74) is 2.19. The molecule has 2 rings (SSSR count). The van der Waals surface area contributed by atoms with Crippen molar-refractivity contribution in [2.45, 2.75) is 20.7 Å². The summed E-state index contributed by atoms with van der Waals surface area (Å²) in [6, 6.07) is 5.76. The van der Waals surface area contributed by atoms with Crippen LogP contribution in [-0.4, -0.2) is 25.2 Å². The molecule has 1 aliphatic rings. The Morgan fingerprint density at radius 1 is 1.44 bits per heavy atom. The standard InChI is InChI=1S/C11H12BNO2.C2H6.H2O.H2/c1-12-5-4-9-2-3-10(15-7-6-14)8-11(9)13-12;1-2;;/h2-6,8,13H,7H2,1H3;1-2H3;1H2;1H. The molecule has 0 amide bonds. The Morgan fingerprint density at radius 2 is 2.17 bits per heavy atom. The molecule has 5 heteroatoms. The van der Waals surface area contributed by atoms with Crippen molar-refractivity contribution in [1.29, 1.82) is 0 Å². The van der Waals surface area contributed by atoms with E-state index in [1.807, 2.05) is 32.0 Å². The summed E-state index contributed by atoms with van der Waals surface area (Å²) < 4.78 is 5.22. The summed E-state index contributed by atoms with van der Waals surface area (Å²) in [7, 11) is 0. The quantitative estimate of drug-likeness (QED) is 0.661. The SMILES string of the molecule is CB1C=Cc2ccc(OCC=O)cc2N1.CC.O.[HH]. The van der Waals surface area contributed by atoms with Crippen LogP contribution in [-0.2, 0) is 4.79 Å². The third-order valence-corrected chi connectivity index (χ3v) is 2.29. The summed E-state index contributed by atoms with van der Waals surface area (Å²) in [5, 5.41) is 3.32. The molecule has 4 nitrogen and oxygen atoms in total. The van der Waals surface area contributed by atoms with Gasteiger partial charge in [0.1, 0.15) is 12.4 Å². The zero-order valence-corrected chi connectivity index (χ0v) is 11.1. The molecule has 1 aliphatic heterocycles. The van der Waals surface area contributed by atoms with E-state index in [2.05, 4.69) is 24.1 Å². The summed E-state index contributed by atoms with van der Waals surface area (Å²) in [6.07, 6.45) is 2.83. The van der Waals surface area contributed by atoms with Crippen LogP contribution < -0.4 is 9.96 Å². The van der Waals surface area contributed by atoms with Gasteiger partial charge in [-0.1, -0.05) is 32.7 Å². The van der Waals surface area contributed by atoms with Gasteiger partial charge < -0.3 is 15.4 Å². The fourth-order valence-electron chi connectivity index (χ4n) is 1.57. The summed E-state index contributed by atoms with van der Waals surface area (Å²) in [5.74, 6) is 2.82. The van der Waals surface area contributed by atoms with Gasteiger partial charge >= 0.3 is 0 Å². The first kappa shape index (κ1) is 16.3.